The molecular formula is C28H35N3O8. The van der Waals surface area contributed by atoms with Crippen LogP contribution in [0.25, 0.3) is 0 Å². The number of hydrogen-bond donors (Lipinski definition) is 0. The molecule has 1 spiro atoms. The van der Waals surface area contributed by atoms with Crippen LogP contribution in [0.15, 0.2) is 23.8 Å². The molecule has 39 heavy (non-hydrogen) atoms. The molecule has 1 saturated carbocycles. The average Bonchev–Trinajstić information content (AvgIpc) is 3.27. The number of likely N-dealkylation sites (tertiary alicyclic amines) is 1. The molecule has 1 saturated heterocycles. The van der Waals surface area contributed by atoms with E-state index < -0.39 is 18.2 Å². The normalized spacial score (nSPS) is 29.4. The summed E-state index contributed by atoms with van der Waals surface area (Å²) in [6.45, 7) is 6.60. The van der Waals surface area contributed by atoms with E-state index in [-0.39, 0.29) is 49.3 Å². The summed E-state index contributed by atoms with van der Waals surface area (Å²) < 4.78 is 28.7. The molecule has 11 heteroatoms. The van der Waals surface area contributed by atoms with E-state index in [2.05, 4.69) is 6.07 Å². The molecule has 1 aromatic carbocycles. The summed E-state index contributed by atoms with van der Waals surface area (Å²) in [6, 6.07) is 3.35. The van der Waals surface area contributed by atoms with Crippen molar-refractivity contribution >= 4 is 18.3 Å². The second kappa shape index (κ2) is 9.53. The molecule has 3 amide bonds. The molecule has 0 aromatic heterocycles. The van der Waals surface area contributed by atoms with Gasteiger partial charge in [-0.2, -0.15) is 0 Å². The van der Waals surface area contributed by atoms with Gasteiger partial charge in [0.1, 0.15) is 6.10 Å². The van der Waals surface area contributed by atoms with Crippen molar-refractivity contribution in [2.45, 2.75) is 63.6 Å². The Labute approximate surface area is 227 Å². The smallest absolute Gasteiger partial charge is 0.429 e. The third kappa shape index (κ3) is 3.50. The molecule has 1 aromatic rings. The van der Waals surface area contributed by atoms with Gasteiger partial charge in [-0.3, -0.25) is 0 Å². The Morgan fingerprint density at radius 3 is 2.46 bits per heavy atom. The molecule has 5 atom stereocenters. The molecule has 6 rings (SSSR count). The number of amides is 3. The number of fused-ring (bicyclic) bond motifs is 2. The van der Waals surface area contributed by atoms with Gasteiger partial charge in [0.25, 0.3) is 0 Å². The second-order valence-electron chi connectivity index (χ2n) is 10.5. The van der Waals surface area contributed by atoms with Crippen molar-refractivity contribution in [2.24, 2.45) is 5.92 Å². The lowest BCUT2D eigenvalue weighted by Gasteiger charge is -2.61. The van der Waals surface area contributed by atoms with E-state index in [9.17, 15) is 14.4 Å². The van der Waals surface area contributed by atoms with E-state index in [1.807, 2.05) is 17.0 Å². The van der Waals surface area contributed by atoms with Gasteiger partial charge < -0.3 is 28.6 Å². The molecule has 11 nitrogen and oxygen atoms in total. The van der Waals surface area contributed by atoms with Crippen LogP contribution in [-0.2, 0) is 26.0 Å². The molecule has 1 unspecified atom stereocenters. The summed E-state index contributed by atoms with van der Waals surface area (Å²) in [5.74, 6) is 1.36. The van der Waals surface area contributed by atoms with E-state index in [0.717, 1.165) is 22.4 Å². The number of carbonyl (C=O) groups excluding carboxylic acids is 3. The van der Waals surface area contributed by atoms with Gasteiger partial charge in [0, 0.05) is 23.6 Å². The van der Waals surface area contributed by atoms with Gasteiger partial charge in [-0.05, 0) is 63.2 Å². The lowest BCUT2D eigenvalue weighted by atomic mass is 9.50. The lowest BCUT2D eigenvalue weighted by molar-refractivity contribution is -0.0874. The maximum atomic E-state index is 13.4. The van der Waals surface area contributed by atoms with Gasteiger partial charge in [-0.25, -0.2) is 24.4 Å². The molecule has 3 heterocycles. The summed E-state index contributed by atoms with van der Waals surface area (Å²) in [4.78, 5) is 41.3. The molecule has 2 bridgehead atoms. The van der Waals surface area contributed by atoms with Crippen LogP contribution in [0.1, 0.15) is 44.7 Å². The Morgan fingerprint density at radius 1 is 1.03 bits per heavy atom. The van der Waals surface area contributed by atoms with Crippen molar-refractivity contribution in [3.63, 3.8) is 0 Å². The van der Waals surface area contributed by atoms with E-state index in [0.29, 0.717) is 38.2 Å². The zero-order valence-electron chi connectivity index (χ0n) is 22.8. The molecule has 0 radical (unpaired) electrons. The van der Waals surface area contributed by atoms with E-state index in [4.69, 9.17) is 23.7 Å². The minimum absolute atomic E-state index is 0.0530. The number of ether oxygens (including phenoxy) is 5. The number of benzene rings is 1. The number of piperidine rings is 1. The first-order valence-corrected chi connectivity index (χ1v) is 13.8. The predicted molar refractivity (Wildman–Crippen MR) is 137 cm³/mol. The van der Waals surface area contributed by atoms with E-state index in [1.54, 1.807) is 27.9 Å². The largest absolute Gasteiger partial charge is 0.493 e. The zero-order valence-corrected chi connectivity index (χ0v) is 22.8. The first-order chi connectivity index (χ1) is 18.9. The van der Waals surface area contributed by atoms with Crippen molar-refractivity contribution in [3.05, 3.63) is 34.9 Å². The number of methoxy groups -OCH3 is 1. The van der Waals surface area contributed by atoms with Gasteiger partial charge >= 0.3 is 18.3 Å². The first-order valence-electron chi connectivity index (χ1n) is 13.8. The lowest BCUT2D eigenvalue weighted by Crippen LogP contribution is -2.71. The van der Waals surface area contributed by atoms with Gasteiger partial charge in [0.2, 0.25) is 0 Å². The van der Waals surface area contributed by atoms with Crippen LogP contribution in [0.3, 0.4) is 0 Å². The summed E-state index contributed by atoms with van der Waals surface area (Å²) in [5, 5.41) is 2.71. The predicted octanol–water partition coefficient (Wildman–Crippen LogP) is 3.64. The summed E-state index contributed by atoms with van der Waals surface area (Å²) in [7, 11) is 1.64. The SMILES string of the molecule is CCOC(=O)N1CC[C@]23c4c5ccc(OC)c4O[C@H]2C2=CCN(C(=O)OCC)N(C(=O)OCC)C2C[C@H]3[C@@H]1C5. The highest BCUT2D eigenvalue weighted by atomic mass is 16.6. The van der Waals surface area contributed by atoms with E-state index in [1.165, 1.54) is 10.0 Å². The fourth-order valence-corrected chi connectivity index (χ4v) is 7.67. The Hall–Kier alpha value is -3.63. The first kappa shape index (κ1) is 25.6. The van der Waals surface area contributed by atoms with Crippen LogP contribution >= 0.6 is 0 Å². The highest BCUT2D eigenvalue weighted by Crippen LogP contribution is 2.65. The molecule has 2 aliphatic carbocycles. The number of rotatable bonds is 4. The quantitative estimate of drug-likeness (QED) is 0.420. The summed E-state index contributed by atoms with van der Waals surface area (Å²) in [6.07, 6.45) is 1.91. The fraction of sp³-hybridized carbons (Fsp3) is 0.607. The molecule has 0 N–H and O–H groups in total. The summed E-state index contributed by atoms with van der Waals surface area (Å²) in [5.41, 5.74) is 2.86. The Kier molecular flexibility index (Phi) is 6.27. The Morgan fingerprint density at radius 2 is 1.74 bits per heavy atom. The van der Waals surface area contributed by atoms with Crippen molar-refractivity contribution in [1.82, 2.24) is 14.9 Å². The van der Waals surface area contributed by atoms with Crippen LogP contribution in [0.4, 0.5) is 14.4 Å². The minimum atomic E-state index is -0.617. The maximum Gasteiger partial charge on any atom is 0.429 e. The standard InChI is InChI=1S/C28H35N3O8/c1-5-36-25(32)29-13-11-28-18-15-19-17(10-12-30(26(33)37-6-2)31(19)27(34)38-7-3)24(28)39-23-21(35-4)9-8-16(22(23)28)14-20(18)29/h8-10,18-20,24H,5-7,11-15H2,1-4H3/t18-,19?,20-,24-,28-/m0/s1. The van der Waals surface area contributed by atoms with Crippen molar-refractivity contribution < 1.29 is 38.1 Å². The van der Waals surface area contributed by atoms with Gasteiger partial charge in [-0.15, -0.1) is 0 Å². The Balaban J connectivity index is 1.50. The van der Waals surface area contributed by atoms with Crippen LogP contribution in [0.5, 0.6) is 11.5 Å². The average molecular weight is 542 g/mol. The minimum Gasteiger partial charge on any atom is -0.493 e. The van der Waals surface area contributed by atoms with Crippen molar-refractivity contribution in [1.29, 1.82) is 0 Å². The third-order valence-corrected chi connectivity index (χ3v) is 8.97. The zero-order chi connectivity index (χ0) is 27.5. The topological polar surface area (TPSA) is 107 Å². The highest BCUT2D eigenvalue weighted by molar-refractivity contribution is 5.76. The summed E-state index contributed by atoms with van der Waals surface area (Å²) >= 11 is 0. The fourth-order valence-electron chi connectivity index (χ4n) is 7.67. The van der Waals surface area contributed by atoms with E-state index >= 15 is 0 Å². The molecular weight excluding hydrogens is 506 g/mol. The van der Waals surface area contributed by atoms with Gasteiger partial charge in [0.05, 0.1) is 39.5 Å². The maximum absolute atomic E-state index is 13.4. The van der Waals surface area contributed by atoms with Crippen molar-refractivity contribution in [2.75, 3.05) is 40.0 Å². The molecule has 5 aliphatic rings. The van der Waals surface area contributed by atoms with Crippen LogP contribution in [0.2, 0.25) is 0 Å². The monoisotopic (exact) mass is 541 g/mol. The molecule has 3 aliphatic heterocycles. The molecule has 210 valence electrons. The van der Waals surface area contributed by atoms with Gasteiger partial charge in [-0.1, -0.05) is 12.1 Å². The highest BCUT2D eigenvalue weighted by Gasteiger charge is 2.68. The van der Waals surface area contributed by atoms with Crippen molar-refractivity contribution in [3.8, 4) is 11.5 Å². The van der Waals surface area contributed by atoms with Crippen LogP contribution in [-0.4, -0.2) is 91.4 Å². The number of nitrogens with zero attached hydrogens (tertiary/aromatic N) is 3. The van der Waals surface area contributed by atoms with Crippen LogP contribution in [0, 0.1) is 5.92 Å². The Bertz CT molecular complexity index is 1230. The number of hydrogen-bond acceptors (Lipinski definition) is 8. The van der Waals surface area contributed by atoms with Crippen LogP contribution < -0.4 is 9.47 Å². The van der Waals surface area contributed by atoms with Gasteiger partial charge in [0.15, 0.2) is 11.5 Å². The number of hydrazine groups is 1. The third-order valence-electron chi connectivity index (χ3n) is 8.97. The number of carbonyl (C=O) groups is 3. The second-order valence-corrected chi connectivity index (χ2v) is 10.5. The molecule has 2 fully saturated rings.